The molecule has 2 fully saturated rings. The smallest absolute Gasteiger partial charge is 0.407 e. The Hall–Kier alpha value is -1.78. The van der Waals surface area contributed by atoms with Crippen LogP contribution in [-0.2, 0) is 0 Å². The highest BCUT2D eigenvalue weighted by Crippen LogP contribution is 2.35. The molecule has 1 amide bonds. The molecule has 1 aromatic heterocycles. The second kappa shape index (κ2) is 3.91. The molecule has 3 heterocycles. The van der Waals surface area contributed by atoms with Crippen LogP contribution in [0.4, 0.5) is 10.5 Å². The van der Waals surface area contributed by atoms with E-state index in [9.17, 15) is 4.79 Å². The summed E-state index contributed by atoms with van der Waals surface area (Å²) in [4.78, 5) is 18.9. The third kappa shape index (κ3) is 1.71. The van der Waals surface area contributed by atoms with Crippen LogP contribution in [0.1, 0.15) is 6.42 Å². The fourth-order valence-electron chi connectivity index (χ4n) is 2.79. The zero-order chi connectivity index (χ0) is 11.8. The van der Waals surface area contributed by atoms with Gasteiger partial charge in [0.15, 0.2) is 0 Å². The number of pyridine rings is 1. The SMILES string of the molecule is O=C(O)N1CC[C@H]2CN(c3cccnc3)[C@H]2C1. The normalized spacial score (nSPS) is 27.3. The topological polar surface area (TPSA) is 56.7 Å². The quantitative estimate of drug-likeness (QED) is 0.793. The number of fused-ring (bicyclic) bond motifs is 1. The predicted molar refractivity (Wildman–Crippen MR) is 63.1 cm³/mol. The van der Waals surface area contributed by atoms with Gasteiger partial charge in [-0.1, -0.05) is 0 Å². The van der Waals surface area contributed by atoms with Gasteiger partial charge in [0.25, 0.3) is 0 Å². The molecule has 0 aromatic carbocycles. The molecule has 3 rings (SSSR count). The van der Waals surface area contributed by atoms with Gasteiger partial charge in [-0.05, 0) is 18.6 Å². The molecular formula is C12H15N3O2. The minimum absolute atomic E-state index is 0.337. The van der Waals surface area contributed by atoms with Gasteiger partial charge in [-0.2, -0.15) is 0 Å². The maximum Gasteiger partial charge on any atom is 0.407 e. The first-order valence-corrected chi connectivity index (χ1v) is 5.90. The largest absolute Gasteiger partial charge is 0.465 e. The van der Waals surface area contributed by atoms with Crippen molar-refractivity contribution in [2.45, 2.75) is 12.5 Å². The summed E-state index contributed by atoms with van der Waals surface area (Å²) >= 11 is 0. The first kappa shape index (κ1) is 10.4. The molecule has 5 heteroatoms. The molecule has 2 atom stereocenters. The van der Waals surface area contributed by atoms with E-state index < -0.39 is 6.09 Å². The van der Waals surface area contributed by atoms with Gasteiger partial charge in [0, 0.05) is 31.7 Å². The minimum Gasteiger partial charge on any atom is -0.465 e. The van der Waals surface area contributed by atoms with Gasteiger partial charge in [-0.15, -0.1) is 0 Å². The van der Waals surface area contributed by atoms with Gasteiger partial charge in [-0.25, -0.2) is 4.79 Å². The fourth-order valence-corrected chi connectivity index (χ4v) is 2.79. The van der Waals surface area contributed by atoms with Crippen LogP contribution in [0, 0.1) is 5.92 Å². The van der Waals surface area contributed by atoms with Crippen LogP contribution in [0.2, 0.25) is 0 Å². The molecular weight excluding hydrogens is 218 g/mol. The summed E-state index contributed by atoms with van der Waals surface area (Å²) in [5, 5.41) is 9.02. The van der Waals surface area contributed by atoms with Gasteiger partial charge >= 0.3 is 6.09 Å². The monoisotopic (exact) mass is 233 g/mol. The fraction of sp³-hybridized carbons (Fsp3) is 0.500. The Morgan fingerprint density at radius 3 is 3.06 bits per heavy atom. The summed E-state index contributed by atoms with van der Waals surface area (Å²) < 4.78 is 0. The van der Waals surface area contributed by atoms with E-state index in [-0.39, 0.29) is 0 Å². The summed E-state index contributed by atoms with van der Waals surface area (Å²) in [7, 11) is 0. The van der Waals surface area contributed by atoms with E-state index in [4.69, 9.17) is 5.11 Å². The van der Waals surface area contributed by atoms with E-state index >= 15 is 0 Å². The van der Waals surface area contributed by atoms with Crippen LogP contribution in [0.25, 0.3) is 0 Å². The predicted octanol–water partition coefficient (Wildman–Crippen LogP) is 1.27. The molecule has 17 heavy (non-hydrogen) atoms. The Kier molecular flexibility index (Phi) is 2.39. The standard InChI is InChI=1S/C12H15N3O2/c16-12(17)14-5-3-9-7-15(11(9)8-14)10-2-1-4-13-6-10/h1-2,4,6,9,11H,3,5,7-8H2,(H,16,17)/t9-,11-/m0/s1. The summed E-state index contributed by atoms with van der Waals surface area (Å²) in [6.45, 7) is 2.33. The van der Waals surface area contributed by atoms with Gasteiger partial charge < -0.3 is 14.9 Å². The Morgan fingerprint density at radius 2 is 2.35 bits per heavy atom. The number of likely N-dealkylation sites (tertiary alicyclic amines) is 1. The average Bonchev–Trinajstić information content (AvgIpc) is 2.32. The number of carbonyl (C=O) groups is 1. The van der Waals surface area contributed by atoms with Gasteiger partial charge in [0.05, 0.1) is 17.9 Å². The van der Waals surface area contributed by atoms with Crippen molar-refractivity contribution >= 4 is 11.8 Å². The molecule has 0 saturated carbocycles. The lowest BCUT2D eigenvalue weighted by Crippen LogP contribution is -2.65. The van der Waals surface area contributed by atoms with Crippen molar-refractivity contribution in [1.29, 1.82) is 0 Å². The highest BCUT2D eigenvalue weighted by atomic mass is 16.4. The number of carboxylic acid groups (broad SMARTS) is 1. The van der Waals surface area contributed by atoms with Crippen molar-refractivity contribution in [2.75, 3.05) is 24.5 Å². The zero-order valence-corrected chi connectivity index (χ0v) is 9.49. The van der Waals surface area contributed by atoms with Crippen molar-refractivity contribution in [3.63, 3.8) is 0 Å². The van der Waals surface area contributed by atoms with Crippen LogP contribution >= 0.6 is 0 Å². The molecule has 2 aliphatic rings. The average molecular weight is 233 g/mol. The van der Waals surface area contributed by atoms with Gasteiger partial charge in [0.2, 0.25) is 0 Å². The zero-order valence-electron chi connectivity index (χ0n) is 9.49. The molecule has 2 aliphatic heterocycles. The third-order valence-corrected chi connectivity index (χ3v) is 3.80. The van der Waals surface area contributed by atoms with Crippen molar-refractivity contribution in [1.82, 2.24) is 9.88 Å². The molecule has 0 radical (unpaired) electrons. The maximum atomic E-state index is 11.0. The van der Waals surface area contributed by atoms with Crippen molar-refractivity contribution in [3.05, 3.63) is 24.5 Å². The summed E-state index contributed by atoms with van der Waals surface area (Å²) in [6, 6.07) is 4.28. The number of anilines is 1. The molecule has 2 saturated heterocycles. The molecule has 0 aliphatic carbocycles. The van der Waals surface area contributed by atoms with E-state index in [0.717, 1.165) is 18.7 Å². The first-order chi connectivity index (χ1) is 8.25. The highest BCUT2D eigenvalue weighted by molar-refractivity contribution is 5.65. The van der Waals surface area contributed by atoms with Gasteiger partial charge in [-0.3, -0.25) is 4.98 Å². The van der Waals surface area contributed by atoms with Crippen LogP contribution in [0.5, 0.6) is 0 Å². The summed E-state index contributed by atoms with van der Waals surface area (Å²) in [5.41, 5.74) is 1.10. The molecule has 0 spiro atoms. The van der Waals surface area contributed by atoms with E-state index in [1.54, 1.807) is 6.20 Å². The molecule has 1 aromatic rings. The van der Waals surface area contributed by atoms with Crippen molar-refractivity contribution < 1.29 is 9.90 Å². The summed E-state index contributed by atoms with van der Waals surface area (Å²) in [6.07, 6.45) is 3.77. The number of piperidine rings is 1. The summed E-state index contributed by atoms with van der Waals surface area (Å²) in [5.74, 6) is 0.644. The van der Waals surface area contributed by atoms with E-state index in [1.807, 2.05) is 18.3 Å². The maximum absolute atomic E-state index is 11.0. The number of hydrogen-bond donors (Lipinski definition) is 1. The lowest BCUT2D eigenvalue weighted by molar-refractivity contribution is 0.0945. The van der Waals surface area contributed by atoms with E-state index in [0.29, 0.717) is 25.0 Å². The Balaban J connectivity index is 1.73. The van der Waals surface area contributed by atoms with Crippen molar-refractivity contribution in [2.24, 2.45) is 5.92 Å². The van der Waals surface area contributed by atoms with E-state index in [2.05, 4.69) is 9.88 Å². The second-order valence-electron chi connectivity index (χ2n) is 4.71. The molecule has 5 nitrogen and oxygen atoms in total. The Morgan fingerprint density at radius 1 is 1.47 bits per heavy atom. The number of hydrogen-bond acceptors (Lipinski definition) is 3. The number of amides is 1. The van der Waals surface area contributed by atoms with E-state index in [1.165, 1.54) is 4.90 Å². The Bertz CT molecular complexity index is 423. The molecule has 1 N–H and O–H groups in total. The number of aromatic nitrogens is 1. The number of rotatable bonds is 1. The second-order valence-corrected chi connectivity index (χ2v) is 4.71. The molecule has 90 valence electrons. The minimum atomic E-state index is -0.804. The van der Waals surface area contributed by atoms with Crippen LogP contribution in [-0.4, -0.2) is 46.8 Å². The third-order valence-electron chi connectivity index (χ3n) is 3.80. The Labute approximate surface area is 99.7 Å². The highest BCUT2D eigenvalue weighted by Gasteiger charge is 2.43. The van der Waals surface area contributed by atoms with Crippen molar-refractivity contribution in [3.8, 4) is 0 Å². The number of nitrogens with zero attached hydrogens (tertiary/aromatic N) is 3. The molecule has 0 unspecified atom stereocenters. The van der Waals surface area contributed by atoms with Gasteiger partial charge in [0.1, 0.15) is 0 Å². The van der Waals surface area contributed by atoms with Crippen LogP contribution in [0.3, 0.4) is 0 Å². The lowest BCUT2D eigenvalue weighted by Gasteiger charge is -2.54. The first-order valence-electron chi connectivity index (χ1n) is 5.90. The lowest BCUT2D eigenvalue weighted by atomic mass is 9.82. The van der Waals surface area contributed by atoms with Crippen LogP contribution in [0.15, 0.2) is 24.5 Å². The van der Waals surface area contributed by atoms with Crippen LogP contribution < -0.4 is 4.90 Å². The molecule has 0 bridgehead atoms.